The molecule has 0 bridgehead atoms. The third kappa shape index (κ3) is 5.09. The van der Waals surface area contributed by atoms with E-state index in [1.54, 1.807) is 7.11 Å². The first-order chi connectivity index (χ1) is 4.85. The maximum Gasteiger partial charge on any atom is 0.0623 e. The Hall–Kier alpha value is 0.270. The number of likely N-dealkylation sites (N-methyl/N-ethyl adjacent to an activating group) is 1. The Kier molecular flexibility index (Phi) is 7.58. The number of methoxy groups -OCH3 is 1. The molecule has 0 spiro atoms. The monoisotopic (exact) mass is 163 g/mol. The fourth-order valence-electron chi connectivity index (χ4n) is 0.857. The molecule has 0 amide bonds. The van der Waals surface area contributed by atoms with Crippen molar-refractivity contribution in [2.24, 2.45) is 0 Å². The molecule has 1 unspecified atom stereocenters. The van der Waals surface area contributed by atoms with Crippen LogP contribution in [0.25, 0.3) is 0 Å². The zero-order chi connectivity index (χ0) is 7.82. The fraction of sp³-hybridized carbons (Fsp3) is 1.00. The molecule has 2 nitrogen and oxygen atoms in total. The van der Waals surface area contributed by atoms with Crippen LogP contribution in [0.4, 0.5) is 0 Å². The molecule has 0 aliphatic rings. The normalized spacial score (nSPS) is 13.5. The van der Waals surface area contributed by atoms with Gasteiger partial charge in [0.25, 0.3) is 0 Å². The molecule has 3 heteroatoms. The molecular weight excluding hydrogens is 146 g/mol. The van der Waals surface area contributed by atoms with Crippen molar-refractivity contribution in [2.75, 3.05) is 32.3 Å². The molecule has 0 aliphatic heterocycles. The molecule has 10 heavy (non-hydrogen) atoms. The van der Waals surface area contributed by atoms with Crippen molar-refractivity contribution in [1.82, 2.24) is 5.32 Å². The van der Waals surface area contributed by atoms with E-state index in [9.17, 15) is 0 Å². The first-order valence-corrected chi connectivity index (χ1v) is 4.95. The van der Waals surface area contributed by atoms with Crippen molar-refractivity contribution < 1.29 is 4.74 Å². The summed E-state index contributed by atoms with van der Waals surface area (Å²) >= 11 is 1.85. The van der Waals surface area contributed by atoms with Crippen LogP contribution >= 0.6 is 11.8 Å². The van der Waals surface area contributed by atoms with E-state index >= 15 is 0 Å². The van der Waals surface area contributed by atoms with Gasteiger partial charge < -0.3 is 10.1 Å². The van der Waals surface area contributed by atoms with Gasteiger partial charge in [0.2, 0.25) is 0 Å². The molecule has 1 atom stereocenters. The Morgan fingerprint density at radius 1 is 1.60 bits per heavy atom. The highest BCUT2D eigenvalue weighted by Crippen LogP contribution is 1.96. The first kappa shape index (κ1) is 10.3. The van der Waals surface area contributed by atoms with Crippen LogP contribution in [0.15, 0.2) is 0 Å². The summed E-state index contributed by atoms with van der Waals surface area (Å²) in [6, 6.07) is 0.519. The molecule has 0 saturated carbocycles. The number of hydrogen-bond acceptors (Lipinski definition) is 3. The number of rotatable bonds is 6. The van der Waals surface area contributed by atoms with Crippen molar-refractivity contribution in [2.45, 2.75) is 13.0 Å². The summed E-state index contributed by atoms with van der Waals surface area (Å²) in [5.41, 5.74) is 0. The molecule has 0 rings (SSSR count). The number of thioether (sulfide) groups is 1. The first-order valence-electron chi connectivity index (χ1n) is 3.56. The predicted molar refractivity (Wildman–Crippen MR) is 47.7 cm³/mol. The van der Waals surface area contributed by atoms with Crippen LogP contribution < -0.4 is 5.32 Å². The van der Waals surface area contributed by atoms with E-state index in [0.717, 1.165) is 18.9 Å². The predicted octanol–water partition coefficient (Wildman–Crippen LogP) is 0.974. The Labute approximate surface area is 67.7 Å². The Balaban J connectivity index is 3.30. The fourth-order valence-corrected chi connectivity index (χ4v) is 1.47. The summed E-state index contributed by atoms with van der Waals surface area (Å²) in [5.74, 6) is 1.13. The summed E-state index contributed by atoms with van der Waals surface area (Å²) in [7, 11) is 1.74. The zero-order valence-corrected chi connectivity index (χ0v) is 7.83. The quantitative estimate of drug-likeness (QED) is 0.630. The second-order valence-corrected chi connectivity index (χ2v) is 3.08. The number of nitrogens with one attached hydrogen (secondary N) is 1. The minimum Gasteiger partial charge on any atom is -0.383 e. The molecule has 62 valence electrons. The lowest BCUT2D eigenvalue weighted by Crippen LogP contribution is -2.35. The lowest BCUT2D eigenvalue weighted by Gasteiger charge is -2.14. The molecule has 0 aliphatic carbocycles. The van der Waals surface area contributed by atoms with Gasteiger partial charge in [0.05, 0.1) is 6.61 Å². The van der Waals surface area contributed by atoms with Gasteiger partial charge in [-0.25, -0.2) is 0 Å². The van der Waals surface area contributed by atoms with Gasteiger partial charge in [-0.3, -0.25) is 0 Å². The largest absolute Gasteiger partial charge is 0.383 e. The Bertz CT molecular complexity index is 56.4. The van der Waals surface area contributed by atoms with Crippen LogP contribution in [-0.2, 0) is 4.74 Å². The maximum atomic E-state index is 5.03. The SMILES string of the molecule is CCNC(COC)CSC. The topological polar surface area (TPSA) is 21.3 Å². The van der Waals surface area contributed by atoms with Gasteiger partial charge in [-0.15, -0.1) is 0 Å². The average molecular weight is 163 g/mol. The highest BCUT2D eigenvalue weighted by Gasteiger charge is 2.03. The van der Waals surface area contributed by atoms with Gasteiger partial charge in [0, 0.05) is 18.9 Å². The van der Waals surface area contributed by atoms with Crippen LogP contribution in [0.5, 0.6) is 0 Å². The third-order valence-corrected chi connectivity index (χ3v) is 1.96. The maximum absolute atomic E-state index is 5.03. The summed E-state index contributed by atoms with van der Waals surface area (Å²) in [6.07, 6.45) is 2.11. The lowest BCUT2D eigenvalue weighted by molar-refractivity contribution is 0.174. The van der Waals surface area contributed by atoms with Gasteiger partial charge >= 0.3 is 0 Å². The van der Waals surface area contributed by atoms with Crippen molar-refractivity contribution in [3.05, 3.63) is 0 Å². The molecule has 0 fully saturated rings. The highest BCUT2D eigenvalue weighted by molar-refractivity contribution is 7.98. The van der Waals surface area contributed by atoms with Gasteiger partial charge in [0.1, 0.15) is 0 Å². The van der Waals surface area contributed by atoms with Crippen LogP contribution in [-0.4, -0.2) is 38.3 Å². The van der Waals surface area contributed by atoms with E-state index < -0.39 is 0 Å². The van der Waals surface area contributed by atoms with E-state index in [-0.39, 0.29) is 0 Å². The van der Waals surface area contributed by atoms with Crippen LogP contribution in [0.1, 0.15) is 6.92 Å². The van der Waals surface area contributed by atoms with Crippen molar-refractivity contribution in [3.8, 4) is 0 Å². The van der Waals surface area contributed by atoms with Gasteiger partial charge in [-0.05, 0) is 12.8 Å². The Morgan fingerprint density at radius 2 is 2.30 bits per heavy atom. The molecule has 0 aromatic rings. The summed E-state index contributed by atoms with van der Waals surface area (Å²) < 4.78 is 5.03. The van der Waals surface area contributed by atoms with Crippen molar-refractivity contribution >= 4 is 11.8 Å². The number of hydrogen-bond donors (Lipinski definition) is 1. The van der Waals surface area contributed by atoms with E-state index in [2.05, 4.69) is 18.5 Å². The van der Waals surface area contributed by atoms with E-state index in [1.807, 2.05) is 11.8 Å². The molecule has 0 radical (unpaired) electrons. The van der Waals surface area contributed by atoms with E-state index in [1.165, 1.54) is 0 Å². The van der Waals surface area contributed by atoms with Crippen LogP contribution in [0.3, 0.4) is 0 Å². The van der Waals surface area contributed by atoms with Crippen LogP contribution in [0, 0.1) is 0 Å². The number of ether oxygens (including phenoxy) is 1. The third-order valence-electron chi connectivity index (χ3n) is 1.23. The zero-order valence-electron chi connectivity index (χ0n) is 7.02. The second-order valence-electron chi connectivity index (χ2n) is 2.17. The second kappa shape index (κ2) is 7.38. The van der Waals surface area contributed by atoms with E-state index in [4.69, 9.17) is 4.74 Å². The van der Waals surface area contributed by atoms with Gasteiger partial charge in [-0.2, -0.15) is 11.8 Å². The van der Waals surface area contributed by atoms with E-state index in [0.29, 0.717) is 6.04 Å². The molecule has 0 aromatic heterocycles. The standard InChI is InChI=1S/C7H17NOS/c1-4-8-7(5-9-2)6-10-3/h7-8H,4-6H2,1-3H3. The summed E-state index contributed by atoms with van der Waals surface area (Å²) in [6.45, 7) is 3.95. The molecular formula is C7H17NOS. The Morgan fingerprint density at radius 3 is 2.70 bits per heavy atom. The summed E-state index contributed by atoms with van der Waals surface area (Å²) in [5, 5.41) is 3.34. The molecule has 0 heterocycles. The lowest BCUT2D eigenvalue weighted by atomic mass is 10.3. The molecule has 1 N–H and O–H groups in total. The molecule has 0 aromatic carbocycles. The minimum atomic E-state index is 0.519. The average Bonchev–Trinajstić information content (AvgIpc) is 1.90. The molecule has 0 saturated heterocycles. The highest BCUT2D eigenvalue weighted by atomic mass is 32.2. The van der Waals surface area contributed by atoms with Gasteiger partial charge in [-0.1, -0.05) is 6.92 Å². The van der Waals surface area contributed by atoms with Gasteiger partial charge in [0.15, 0.2) is 0 Å². The minimum absolute atomic E-state index is 0.519. The van der Waals surface area contributed by atoms with Crippen LogP contribution in [0.2, 0.25) is 0 Å². The smallest absolute Gasteiger partial charge is 0.0623 e. The van der Waals surface area contributed by atoms with Crippen molar-refractivity contribution in [1.29, 1.82) is 0 Å². The summed E-state index contributed by atoms with van der Waals surface area (Å²) in [4.78, 5) is 0. The van der Waals surface area contributed by atoms with Crippen molar-refractivity contribution in [3.63, 3.8) is 0 Å².